The van der Waals surface area contributed by atoms with Gasteiger partial charge in [0, 0.05) is 26.9 Å². The van der Waals surface area contributed by atoms with Crippen molar-refractivity contribution >= 4 is 44.5 Å². The topological polar surface area (TPSA) is 57.8 Å². The Kier molecular flexibility index (Phi) is 5.14. The number of nitrogens with zero attached hydrogens (tertiary/aromatic N) is 1. The fraction of sp³-hybridized carbons (Fsp3) is 0.200. The number of rotatable bonds is 5. The van der Waals surface area contributed by atoms with E-state index in [1.165, 1.54) is 11.3 Å². The molecule has 1 aromatic carbocycles. The van der Waals surface area contributed by atoms with Crippen LogP contribution >= 0.6 is 34.3 Å². The van der Waals surface area contributed by atoms with Crippen LogP contribution in [0.1, 0.15) is 37.3 Å². The Bertz CT molecular complexity index is 1130. The molecule has 0 aliphatic heterocycles. The summed E-state index contributed by atoms with van der Waals surface area (Å²) in [5.74, 6) is 0.631. The van der Waals surface area contributed by atoms with Crippen LogP contribution in [0.25, 0.3) is 20.7 Å². The van der Waals surface area contributed by atoms with E-state index in [9.17, 15) is 4.79 Å². The van der Waals surface area contributed by atoms with Gasteiger partial charge in [0.15, 0.2) is 0 Å². The summed E-state index contributed by atoms with van der Waals surface area (Å²) in [6, 6.07) is 11.7. The van der Waals surface area contributed by atoms with Crippen LogP contribution in [-0.2, 0) is 0 Å². The minimum absolute atomic E-state index is 0.0275. The van der Waals surface area contributed by atoms with Crippen LogP contribution in [0.5, 0.6) is 0 Å². The summed E-state index contributed by atoms with van der Waals surface area (Å²) in [5, 5.41) is 8.87. The van der Waals surface area contributed by atoms with Gasteiger partial charge in [-0.05, 0) is 36.9 Å². The molecule has 0 unspecified atom stereocenters. The van der Waals surface area contributed by atoms with Gasteiger partial charge in [-0.25, -0.2) is 4.98 Å². The first-order chi connectivity index (χ1) is 13.0. The van der Waals surface area contributed by atoms with E-state index < -0.39 is 0 Å². The summed E-state index contributed by atoms with van der Waals surface area (Å²) in [4.78, 5) is 22.3. The summed E-state index contributed by atoms with van der Waals surface area (Å²) in [6.07, 6.45) is 0. The van der Waals surface area contributed by atoms with Crippen molar-refractivity contribution in [3.8, 4) is 10.4 Å². The van der Waals surface area contributed by atoms with Gasteiger partial charge in [0.25, 0.3) is 5.56 Å². The van der Waals surface area contributed by atoms with Gasteiger partial charge in [0.2, 0.25) is 0 Å². The van der Waals surface area contributed by atoms with Crippen molar-refractivity contribution in [1.82, 2.24) is 15.3 Å². The van der Waals surface area contributed by atoms with Crippen LogP contribution in [0.4, 0.5) is 0 Å². The molecule has 0 aliphatic carbocycles. The van der Waals surface area contributed by atoms with Crippen molar-refractivity contribution in [3.63, 3.8) is 0 Å². The molecule has 138 valence electrons. The van der Waals surface area contributed by atoms with E-state index in [0.717, 1.165) is 25.9 Å². The number of thiophene rings is 2. The Morgan fingerprint density at radius 1 is 1.11 bits per heavy atom. The fourth-order valence-corrected chi connectivity index (χ4v) is 5.22. The molecule has 4 rings (SSSR count). The average Bonchev–Trinajstić information content (AvgIpc) is 3.31. The molecule has 0 aliphatic rings. The third-order valence-corrected chi connectivity index (χ3v) is 6.65. The normalized spacial score (nSPS) is 13.7. The smallest absolute Gasteiger partial charge is 0.260 e. The zero-order valence-electron chi connectivity index (χ0n) is 14.8. The monoisotopic (exact) mass is 415 g/mol. The first-order valence-electron chi connectivity index (χ1n) is 8.60. The molecular formula is C20H18ClN3OS2. The number of halogens is 1. The van der Waals surface area contributed by atoms with Crippen molar-refractivity contribution in [1.29, 1.82) is 0 Å². The lowest BCUT2D eigenvalue weighted by Crippen LogP contribution is -2.26. The lowest BCUT2D eigenvalue weighted by atomic mass is 10.1. The zero-order chi connectivity index (χ0) is 19.0. The molecule has 0 bridgehead atoms. The predicted octanol–water partition coefficient (Wildman–Crippen LogP) is 5.78. The maximum atomic E-state index is 12.8. The van der Waals surface area contributed by atoms with E-state index >= 15 is 0 Å². The molecule has 0 fully saturated rings. The van der Waals surface area contributed by atoms with Gasteiger partial charge in [-0.1, -0.05) is 35.9 Å². The van der Waals surface area contributed by atoms with E-state index in [1.807, 2.05) is 61.0 Å². The van der Waals surface area contributed by atoms with Crippen LogP contribution in [0.2, 0.25) is 5.02 Å². The van der Waals surface area contributed by atoms with Crippen LogP contribution in [0.15, 0.2) is 52.0 Å². The first kappa shape index (κ1) is 18.4. The second-order valence-corrected chi connectivity index (χ2v) is 8.60. The Hall–Kier alpha value is -1.99. The summed E-state index contributed by atoms with van der Waals surface area (Å²) in [6.45, 7) is 4.04. The van der Waals surface area contributed by atoms with E-state index in [4.69, 9.17) is 16.6 Å². The molecule has 0 spiro atoms. The summed E-state index contributed by atoms with van der Waals surface area (Å²) in [7, 11) is 0. The molecule has 2 N–H and O–H groups in total. The summed E-state index contributed by atoms with van der Waals surface area (Å²) >= 11 is 9.42. The molecule has 3 aromatic heterocycles. The van der Waals surface area contributed by atoms with Crippen LogP contribution in [-0.4, -0.2) is 9.97 Å². The van der Waals surface area contributed by atoms with Crippen LogP contribution in [0, 0.1) is 0 Å². The third kappa shape index (κ3) is 3.58. The molecule has 0 saturated carbocycles. The number of hydrogen-bond acceptors (Lipinski definition) is 5. The predicted molar refractivity (Wildman–Crippen MR) is 115 cm³/mol. The number of fused-ring (bicyclic) bond motifs is 1. The highest BCUT2D eigenvalue weighted by atomic mass is 35.5. The Labute approximate surface area is 169 Å². The molecule has 4 nitrogen and oxygen atoms in total. The maximum Gasteiger partial charge on any atom is 0.260 e. The number of hydrogen-bond donors (Lipinski definition) is 2. The van der Waals surface area contributed by atoms with Crippen molar-refractivity contribution in [3.05, 3.63) is 73.9 Å². The molecule has 27 heavy (non-hydrogen) atoms. The van der Waals surface area contributed by atoms with E-state index in [-0.39, 0.29) is 17.6 Å². The number of aromatic amines is 1. The quantitative estimate of drug-likeness (QED) is 0.434. The van der Waals surface area contributed by atoms with E-state index in [2.05, 4.69) is 10.3 Å². The SMILES string of the molecule is C[C@H](N[C@H](C)c1ccccc1Cl)c1nc2scc(-c3cccs3)c2c(=O)[nH]1. The van der Waals surface area contributed by atoms with Crippen LogP contribution < -0.4 is 10.9 Å². The molecule has 2 atom stereocenters. The van der Waals surface area contributed by atoms with Gasteiger partial charge in [0.05, 0.1) is 11.4 Å². The second-order valence-electron chi connectivity index (χ2n) is 6.39. The number of aromatic nitrogens is 2. The van der Waals surface area contributed by atoms with E-state index in [0.29, 0.717) is 11.2 Å². The van der Waals surface area contributed by atoms with Gasteiger partial charge in [-0.2, -0.15) is 0 Å². The maximum absolute atomic E-state index is 12.8. The highest BCUT2D eigenvalue weighted by molar-refractivity contribution is 7.18. The Morgan fingerprint density at radius 2 is 1.93 bits per heavy atom. The largest absolute Gasteiger partial charge is 0.309 e. The zero-order valence-corrected chi connectivity index (χ0v) is 17.2. The lowest BCUT2D eigenvalue weighted by molar-refractivity contribution is 0.477. The Balaban J connectivity index is 1.64. The lowest BCUT2D eigenvalue weighted by Gasteiger charge is -2.20. The van der Waals surface area contributed by atoms with Gasteiger partial charge in [0.1, 0.15) is 10.7 Å². The molecule has 7 heteroatoms. The fourth-order valence-electron chi connectivity index (χ4n) is 3.15. The van der Waals surface area contributed by atoms with Crippen molar-refractivity contribution < 1.29 is 0 Å². The minimum Gasteiger partial charge on any atom is -0.309 e. The molecule has 4 aromatic rings. The number of H-pyrrole nitrogens is 1. The molecule has 0 saturated heterocycles. The standard InChI is InChI=1S/C20H18ClN3OS2/c1-11(13-6-3-4-7-15(13)21)22-12(2)18-23-19(25)17-14(10-27-20(17)24-18)16-8-5-9-26-16/h3-12,22H,1-2H3,(H,23,24,25)/t11-,12+/m1/s1. The van der Waals surface area contributed by atoms with Gasteiger partial charge in [-0.15, -0.1) is 22.7 Å². The van der Waals surface area contributed by atoms with Gasteiger partial charge < -0.3 is 10.3 Å². The summed E-state index contributed by atoms with van der Waals surface area (Å²) < 4.78 is 0. The van der Waals surface area contributed by atoms with Crippen molar-refractivity contribution in [2.45, 2.75) is 25.9 Å². The number of benzene rings is 1. The van der Waals surface area contributed by atoms with Crippen molar-refractivity contribution in [2.24, 2.45) is 0 Å². The summed E-state index contributed by atoms with van der Waals surface area (Å²) in [5.41, 5.74) is 1.87. The minimum atomic E-state index is -0.124. The molecule has 0 amide bonds. The molecular weight excluding hydrogens is 398 g/mol. The second kappa shape index (κ2) is 7.56. The Morgan fingerprint density at radius 3 is 2.67 bits per heavy atom. The van der Waals surface area contributed by atoms with Gasteiger partial charge in [-0.3, -0.25) is 4.79 Å². The highest BCUT2D eigenvalue weighted by Crippen LogP contribution is 2.34. The third-order valence-electron chi connectivity index (χ3n) is 4.53. The average molecular weight is 416 g/mol. The molecule has 3 heterocycles. The van der Waals surface area contributed by atoms with Crippen molar-refractivity contribution in [2.75, 3.05) is 0 Å². The van der Waals surface area contributed by atoms with E-state index in [1.54, 1.807) is 11.3 Å². The number of nitrogens with one attached hydrogen (secondary N) is 2. The first-order valence-corrected chi connectivity index (χ1v) is 10.7. The molecule has 0 radical (unpaired) electrons. The van der Waals surface area contributed by atoms with Crippen LogP contribution in [0.3, 0.4) is 0 Å². The highest BCUT2D eigenvalue weighted by Gasteiger charge is 2.18. The van der Waals surface area contributed by atoms with Gasteiger partial charge >= 0.3 is 0 Å².